The van der Waals surface area contributed by atoms with Crippen LogP contribution in [0.4, 0.5) is 0 Å². The molecular formula is C36H24Cl2O6. The van der Waals surface area contributed by atoms with Gasteiger partial charge in [-0.3, -0.25) is 0 Å². The van der Waals surface area contributed by atoms with E-state index in [9.17, 15) is 14.4 Å². The third-order valence-corrected chi connectivity index (χ3v) is 8.19. The van der Waals surface area contributed by atoms with E-state index in [0.29, 0.717) is 44.9 Å². The van der Waals surface area contributed by atoms with Crippen molar-refractivity contribution in [2.75, 3.05) is 0 Å². The van der Waals surface area contributed by atoms with Crippen molar-refractivity contribution in [3.05, 3.63) is 164 Å². The standard InChI is InChI=1S/C36H24Cl2O6/c1-21-19-23(15-17-31(21)42-33(39)26-10-4-7-13-29(26)37)36(28-12-6-3-9-25(28)35(41)44-36)24-16-18-32(22(2)20-24)43-34(40)27-11-5-8-14-30(27)38/h3-20H,1-2H3. The van der Waals surface area contributed by atoms with E-state index >= 15 is 0 Å². The van der Waals surface area contributed by atoms with Crippen molar-refractivity contribution in [1.82, 2.24) is 0 Å². The Hall–Kier alpha value is -4.91. The molecule has 44 heavy (non-hydrogen) atoms. The van der Waals surface area contributed by atoms with Crippen LogP contribution in [-0.4, -0.2) is 17.9 Å². The fourth-order valence-corrected chi connectivity index (χ4v) is 5.77. The van der Waals surface area contributed by atoms with Crippen molar-refractivity contribution >= 4 is 41.1 Å². The maximum Gasteiger partial charge on any atom is 0.345 e. The van der Waals surface area contributed by atoms with Gasteiger partial charge in [0.1, 0.15) is 11.5 Å². The normalized spacial score (nSPS) is 13.1. The zero-order valence-electron chi connectivity index (χ0n) is 23.6. The second-order valence-corrected chi connectivity index (χ2v) is 11.1. The van der Waals surface area contributed by atoms with Gasteiger partial charge in [-0.05, 0) is 79.6 Å². The van der Waals surface area contributed by atoms with Gasteiger partial charge < -0.3 is 14.2 Å². The van der Waals surface area contributed by atoms with Gasteiger partial charge in [0.15, 0.2) is 5.60 Å². The fourth-order valence-electron chi connectivity index (χ4n) is 5.34. The third-order valence-electron chi connectivity index (χ3n) is 7.53. The molecule has 0 atom stereocenters. The second-order valence-electron chi connectivity index (χ2n) is 10.3. The van der Waals surface area contributed by atoms with E-state index < -0.39 is 23.5 Å². The zero-order valence-corrected chi connectivity index (χ0v) is 25.1. The van der Waals surface area contributed by atoms with Crippen LogP contribution in [0.5, 0.6) is 11.5 Å². The van der Waals surface area contributed by atoms with Crippen molar-refractivity contribution in [3.63, 3.8) is 0 Å². The molecule has 6 nitrogen and oxygen atoms in total. The molecule has 5 aromatic rings. The zero-order chi connectivity index (χ0) is 31.0. The molecule has 0 aliphatic carbocycles. The lowest BCUT2D eigenvalue weighted by Gasteiger charge is -2.31. The van der Waals surface area contributed by atoms with Gasteiger partial charge in [-0.15, -0.1) is 0 Å². The van der Waals surface area contributed by atoms with E-state index in [1.165, 1.54) is 0 Å². The number of halogens is 2. The van der Waals surface area contributed by atoms with E-state index in [4.69, 9.17) is 37.4 Å². The van der Waals surface area contributed by atoms with Crippen LogP contribution in [0.1, 0.15) is 58.9 Å². The number of carbonyl (C=O) groups excluding carboxylic acids is 3. The molecule has 5 aromatic carbocycles. The average Bonchev–Trinajstić information content (AvgIpc) is 3.32. The second kappa shape index (κ2) is 11.6. The number of hydrogen-bond acceptors (Lipinski definition) is 6. The molecule has 6 rings (SSSR count). The van der Waals surface area contributed by atoms with E-state index in [0.717, 1.165) is 0 Å². The molecule has 0 fully saturated rings. The predicted molar refractivity (Wildman–Crippen MR) is 167 cm³/mol. The first-order valence-electron chi connectivity index (χ1n) is 13.7. The Morgan fingerprint density at radius 2 is 1.09 bits per heavy atom. The van der Waals surface area contributed by atoms with E-state index in [-0.39, 0.29) is 21.2 Å². The van der Waals surface area contributed by atoms with Crippen LogP contribution in [0.2, 0.25) is 10.0 Å². The first kappa shape index (κ1) is 29.2. The molecule has 218 valence electrons. The number of esters is 3. The summed E-state index contributed by atoms with van der Waals surface area (Å²) in [4.78, 5) is 38.9. The highest BCUT2D eigenvalue weighted by molar-refractivity contribution is 6.34. The summed E-state index contributed by atoms with van der Waals surface area (Å²) in [6.07, 6.45) is 0. The van der Waals surface area contributed by atoms with Gasteiger partial charge in [-0.25, -0.2) is 14.4 Å². The minimum atomic E-state index is -1.32. The van der Waals surface area contributed by atoms with Crippen LogP contribution < -0.4 is 9.47 Å². The Kier molecular flexibility index (Phi) is 7.72. The molecule has 0 bridgehead atoms. The SMILES string of the molecule is Cc1cc(C2(c3ccc(OC(=O)c4ccccc4Cl)c(C)c3)OC(=O)c3ccccc32)ccc1OC(=O)c1ccccc1Cl. The van der Waals surface area contributed by atoms with Crippen LogP contribution in [-0.2, 0) is 10.3 Å². The highest BCUT2D eigenvalue weighted by atomic mass is 35.5. The Morgan fingerprint density at radius 3 is 1.57 bits per heavy atom. The Balaban J connectivity index is 1.39. The van der Waals surface area contributed by atoms with Gasteiger partial charge in [0.25, 0.3) is 0 Å². The first-order valence-corrected chi connectivity index (χ1v) is 14.4. The molecule has 0 radical (unpaired) electrons. The molecular weight excluding hydrogens is 599 g/mol. The Morgan fingerprint density at radius 1 is 0.636 bits per heavy atom. The van der Waals surface area contributed by atoms with Crippen molar-refractivity contribution in [2.24, 2.45) is 0 Å². The topological polar surface area (TPSA) is 78.9 Å². The highest BCUT2D eigenvalue weighted by Crippen LogP contribution is 2.48. The van der Waals surface area contributed by atoms with Crippen molar-refractivity contribution in [2.45, 2.75) is 19.4 Å². The van der Waals surface area contributed by atoms with Crippen LogP contribution in [0.3, 0.4) is 0 Å². The summed E-state index contributed by atoms with van der Waals surface area (Å²) in [7, 11) is 0. The van der Waals surface area contributed by atoms with Crippen molar-refractivity contribution in [1.29, 1.82) is 0 Å². The molecule has 1 heterocycles. The summed E-state index contributed by atoms with van der Waals surface area (Å²) in [6.45, 7) is 3.61. The van der Waals surface area contributed by atoms with E-state index in [1.807, 2.05) is 24.3 Å². The Labute approximate surface area is 263 Å². The van der Waals surface area contributed by atoms with Crippen LogP contribution in [0.15, 0.2) is 109 Å². The molecule has 0 amide bonds. The average molecular weight is 623 g/mol. The van der Waals surface area contributed by atoms with Crippen LogP contribution in [0, 0.1) is 13.8 Å². The first-order chi connectivity index (χ1) is 21.2. The molecule has 0 saturated carbocycles. The van der Waals surface area contributed by atoms with Gasteiger partial charge in [-0.2, -0.15) is 0 Å². The summed E-state index contributed by atoms with van der Waals surface area (Å²) in [5.41, 5.74) is 2.85. The molecule has 0 N–H and O–H groups in total. The van der Waals surface area contributed by atoms with Crippen LogP contribution in [0.25, 0.3) is 0 Å². The quantitative estimate of drug-likeness (QED) is 0.139. The number of aryl methyl sites for hydroxylation is 2. The monoisotopic (exact) mass is 622 g/mol. The van der Waals surface area contributed by atoms with Gasteiger partial charge in [0.2, 0.25) is 0 Å². The lowest BCUT2D eigenvalue weighted by molar-refractivity contribution is 0.0251. The van der Waals surface area contributed by atoms with Crippen LogP contribution >= 0.6 is 23.2 Å². The van der Waals surface area contributed by atoms with E-state index in [1.54, 1.807) is 98.8 Å². The molecule has 0 aromatic heterocycles. The number of hydrogen-bond donors (Lipinski definition) is 0. The number of carbonyl (C=O) groups is 3. The van der Waals surface area contributed by atoms with E-state index in [2.05, 4.69) is 0 Å². The number of ether oxygens (including phenoxy) is 3. The summed E-state index contributed by atoms with van der Waals surface area (Å²) in [5.74, 6) is -0.971. The number of fused-ring (bicyclic) bond motifs is 1. The molecule has 0 spiro atoms. The highest BCUT2D eigenvalue weighted by Gasteiger charge is 2.48. The Bertz CT molecular complexity index is 1860. The molecule has 8 heteroatoms. The predicted octanol–water partition coefficient (Wildman–Crippen LogP) is 8.51. The summed E-state index contributed by atoms with van der Waals surface area (Å²) in [5, 5.41) is 0.577. The summed E-state index contributed by atoms with van der Waals surface area (Å²) >= 11 is 12.4. The number of cyclic esters (lactones) is 1. The summed E-state index contributed by atoms with van der Waals surface area (Å²) in [6, 6.07) is 31.0. The smallest absolute Gasteiger partial charge is 0.345 e. The minimum Gasteiger partial charge on any atom is -0.441 e. The summed E-state index contributed by atoms with van der Waals surface area (Å²) < 4.78 is 17.6. The largest absolute Gasteiger partial charge is 0.441 e. The molecule has 1 aliphatic heterocycles. The molecule has 0 unspecified atom stereocenters. The van der Waals surface area contributed by atoms with Gasteiger partial charge in [0.05, 0.1) is 26.7 Å². The number of rotatable bonds is 6. The maximum atomic E-state index is 13.2. The van der Waals surface area contributed by atoms with Gasteiger partial charge >= 0.3 is 17.9 Å². The maximum absolute atomic E-state index is 13.2. The van der Waals surface area contributed by atoms with Gasteiger partial charge in [0, 0.05) is 16.7 Å². The fraction of sp³-hybridized carbons (Fsp3) is 0.0833. The number of benzene rings is 5. The third kappa shape index (κ3) is 5.12. The molecule has 0 saturated heterocycles. The lowest BCUT2D eigenvalue weighted by atomic mass is 9.79. The van der Waals surface area contributed by atoms with Crippen molar-refractivity contribution in [3.8, 4) is 11.5 Å². The van der Waals surface area contributed by atoms with Gasteiger partial charge in [-0.1, -0.05) is 77.8 Å². The lowest BCUT2D eigenvalue weighted by Crippen LogP contribution is -2.30. The molecule has 1 aliphatic rings. The minimum absolute atomic E-state index is 0.249. The van der Waals surface area contributed by atoms with Crippen molar-refractivity contribution < 1.29 is 28.6 Å².